The molecule has 4 rings (SSSR count). The standard InChI is InChI=1S/C18H14BNO2/c21-19(22)15-10-6-12-17-18(15)14-9-4-5-11-16(14)20(17)13-7-2-1-3-8-13/h1-12,21-22H. The van der Waals surface area contributed by atoms with E-state index in [1.807, 2.05) is 60.7 Å². The van der Waals surface area contributed by atoms with Crippen LogP contribution in [0, 0.1) is 0 Å². The van der Waals surface area contributed by atoms with Crippen LogP contribution in [0.1, 0.15) is 0 Å². The lowest BCUT2D eigenvalue weighted by Crippen LogP contribution is -2.30. The minimum atomic E-state index is -1.49. The quantitative estimate of drug-likeness (QED) is 0.556. The molecule has 0 unspecified atom stereocenters. The van der Waals surface area contributed by atoms with Gasteiger partial charge in [-0.2, -0.15) is 0 Å². The molecule has 0 atom stereocenters. The van der Waals surface area contributed by atoms with E-state index in [0.717, 1.165) is 27.5 Å². The largest absolute Gasteiger partial charge is 0.489 e. The van der Waals surface area contributed by atoms with E-state index in [4.69, 9.17) is 0 Å². The highest BCUT2D eigenvalue weighted by atomic mass is 16.4. The molecule has 0 saturated carbocycles. The number of fused-ring (bicyclic) bond motifs is 3. The summed E-state index contributed by atoms with van der Waals surface area (Å²) in [5.41, 5.74) is 3.61. The van der Waals surface area contributed by atoms with Crippen molar-refractivity contribution in [1.82, 2.24) is 4.57 Å². The molecule has 0 saturated heterocycles. The molecular formula is C18H14BNO2. The minimum absolute atomic E-state index is 0.531. The molecule has 0 spiro atoms. The van der Waals surface area contributed by atoms with E-state index in [1.165, 1.54) is 0 Å². The minimum Gasteiger partial charge on any atom is -0.423 e. The van der Waals surface area contributed by atoms with Crippen molar-refractivity contribution >= 4 is 34.4 Å². The van der Waals surface area contributed by atoms with Crippen LogP contribution in [0.4, 0.5) is 0 Å². The summed E-state index contributed by atoms with van der Waals surface area (Å²) < 4.78 is 2.15. The van der Waals surface area contributed by atoms with Gasteiger partial charge in [-0.3, -0.25) is 0 Å². The first-order valence-corrected chi connectivity index (χ1v) is 7.21. The van der Waals surface area contributed by atoms with E-state index in [2.05, 4.69) is 10.6 Å². The number of benzene rings is 3. The van der Waals surface area contributed by atoms with Gasteiger partial charge < -0.3 is 14.6 Å². The normalized spacial score (nSPS) is 11.2. The molecule has 1 aromatic heterocycles. The van der Waals surface area contributed by atoms with Gasteiger partial charge in [-0.15, -0.1) is 0 Å². The molecule has 106 valence electrons. The van der Waals surface area contributed by atoms with Crippen molar-refractivity contribution in [1.29, 1.82) is 0 Å². The van der Waals surface area contributed by atoms with Gasteiger partial charge in [0.2, 0.25) is 0 Å². The fraction of sp³-hybridized carbons (Fsp3) is 0. The molecule has 0 aliphatic carbocycles. The molecule has 0 bridgehead atoms. The summed E-state index contributed by atoms with van der Waals surface area (Å²) in [5.74, 6) is 0. The van der Waals surface area contributed by atoms with Gasteiger partial charge in [0.05, 0.1) is 11.0 Å². The van der Waals surface area contributed by atoms with Crippen LogP contribution in [0.15, 0.2) is 72.8 Å². The van der Waals surface area contributed by atoms with Crippen molar-refractivity contribution in [2.24, 2.45) is 0 Å². The van der Waals surface area contributed by atoms with Crippen LogP contribution < -0.4 is 5.46 Å². The van der Waals surface area contributed by atoms with Crippen molar-refractivity contribution < 1.29 is 10.0 Å². The Labute approximate surface area is 128 Å². The van der Waals surface area contributed by atoms with Crippen molar-refractivity contribution in [2.45, 2.75) is 0 Å². The first kappa shape index (κ1) is 13.1. The van der Waals surface area contributed by atoms with Crippen LogP contribution in [-0.4, -0.2) is 21.7 Å². The predicted octanol–water partition coefficient (Wildman–Crippen LogP) is 2.46. The topological polar surface area (TPSA) is 45.4 Å². The van der Waals surface area contributed by atoms with Crippen LogP contribution in [0.2, 0.25) is 0 Å². The van der Waals surface area contributed by atoms with Crippen LogP contribution >= 0.6 is 0 Å². The van der Waals surface area contributed by atoms with Gasteiger partial charge in [0.1, 0.15) is 0 Å². The van der Waals surface area contributed by atoms with Gasteiger partial charge in [-0.05, 0) is 29.7 Å². The summed E-state index contributed by atoms with van der Waals surface area (Å²) in [5, 5.41) is 21.3. The number of para-hydroxylation sites is 2. The SMILES string of the molecule is OB(O)c1cccc2c1c1ccccc1n2-c1ccccc1. The predicted molar refractivity (Wildman–Crippen MR) is 90.6 cm³/mol. The maximum absolute atomic E-state index is 9.71. The first-order valence-electron chi connectivity index (χ1n) is 7.21. The fourth-order valence-electron chi connectivity index (χ4n) is 3.12. The van der Waals surface area contributed by atoms with Gasteiger partial charge in [-0.25, -0.2) is 0 Å². The number of rotatable bonds is 2. The highest BCUT2D eigenvalue weighted by Gasteiger charge is 2.20. The van der Waals surface area contributed by atoms with Crippen LogP contribution in [-0.2, 0) is 0 Å². The Morgan fingerprint density at radius 1 is 0.682 bits per heavy atom. The summed E-state index contributed by atoms with van der Waals surface area (Å²) >= 11 is 0. The summed E-state index contributed by atoms with van der Waals surface area (Å²) in [6, 6.07) is 23.7. The maximum atomic E-state index is 9.71. The summed E-state index contributed by atoms with van der Waals surface area (Å²) in [7, 11) is -1.49. The third kappa shape index (κ3) is 1.85. The molecule has 0 fully saturated rings. The second-order valence-corrected chi connectivity index (χ2v) is 5.30. The number of aromatic nitrogens is 1. The Hall–Kier alpha value is -2.56. The van der Waals surface area contributed by atoms with Crippen molar-refractivity contribution in [2.75, 3.05) is 0 Å². The highest BCUT2D eigenvalue weighted by Crippen LogP contribution is 2.30. The lowest BCUT2D eigenvalue weighted by atomic mass is 9.77. The molecule has 1 heterocycles. The Morgan fingerprint density at radius 2 is 1.36 bits per heavy atom. The van der Waals surface area contributed by atoms with Crippen molar-refractivity contribution in [3.05, 3.63) is 72.8 Å². The molecule has 3 aromatic carbocycles. The third-order valence-electron chi connectivity index (χ3n) is 4.02. The smallest absolute Gasteiger partial charge is 0.423 e. The average Bonchev–Trinajstić information content (AvgIpc) is 2.90. The zero-order chi connectivity index (χ0) is 15.1. The second-order valence-electron chi connectivity index (χ2n) is 5.30. The van der Waals surface area contributed by atoms with Crippen molar-refractivity contribution in [3.63, 3.8) is 0 Å². The zero-order valence-electron chi connectivity index (χ0n) is 11.8. The molecular weight excluding hydrogens is 273 g/mol. The number of nitrogens with zero attached hydrogens (tertiary/aromatic N) is 1. The molecule has 0 aliphatic heterocycles. The molecule has 4 aromatic rings. The molecule has 0 radical (unpaired) electrons. The van der Waals surface area contributed by atoms with Crippen LogP contribution in [0.3, 0.4) is 0 Å². The Bertz CT molecular complexity index is 961. The molecule has 0 aliphatic rings. The zero-order valence-corrected chi connectivity index (χ0v) is 11.8. The van der Waals surface area contributed by atoms with Gasteiger partial charge in [-0.1, -0.05) is 48.5 Å². The summed E-state index contributed by atoms with van der Waals surface area (Å²) in [6.07, 6.45) is 0. The van der Waals surface area contributed by atoms with Crippen LogP contribution in [0.5, 0.6) is 0 Å². The Balaban J connectivity index is 2.22. The number of hydrogen-bond donors (Lipinski definition) is 2. The van der Waals surface area contributed by atoms with E-state index in [1.54, 1.807) is 6.07 Å². The molecule has 2 N–H and O–H groups in total. The summed E-state index contributed by atoms with van der Waals surface area (Å²) in [6.45, 7) is 0. The van der Waals surface area contributed by atoms with E-state index in [9.17, 15) is 10.0 Å². The van der Waals surface area contributed by atoms with Gasteiger partial charge in [0.15, 0.2) is 0 Å². The van der Waals surface area contributed by atoms with E-state index >= 15 is 0 Å². The van der Waals surface area contributed by atoms with E-state index in [0.29, 0.717) is 5.46 Å². The number of hydrogen-bond acceptors (Lipinski definition) is 2. The average molecular weight is 287 g/mol. The van der Waals surface area contributed by atoms with Gasteiger partial charge in [0, 0.05) is 16.5 Å². The fourth-order valence-corrected chi connectivity index (χ4v) is 3.12. The monoisotopic (exact) mass is 287 g/mol. The third-order valence-corrected chi connectivity index (χ3v) is 4.02. The highest BCUT2D eigenvalue weighted by molar-refractivity contribution is 6.63. The Morgan fingerprint density at radius 3 is 2.14 bits per heavy atom. The van der Waals surface area contributed by atoms with E-state index < -0.39 is 7.12 Å². The lowest BCUT2D eigenvalue weighted by Gasteiger charge is -2.08. The molecule has 22 heavy (non-hydrogen) atoms. The Kier molecular flexibility index (Phi) is 3.00. The maximum Gasteiger partial charge on any atom is 0.489 e. The molecule has 4 heteroatoms. The lowest BCUT2D eigenvalue weighted by molar-refractivity contribution is 0.426. The van der Waals surface area contributed by atoms with Gasteiger partial charge >= 0.3 is 7.12 Å². The summed E-state index contributed by atoms with van der Waals surface area (Å²) in [4.78, 5) is 0. The molecule has 0 amide bonds. The van der Waals surface area contributed by atoms with Crippen molar-refractivity contribution in [3.8, 4) is 5.69 Å². The first-order chi connectivity index (χ1) is 10.8. The second kappa shape index (κ2) is 5.02. The van der Waals surface area contributed by atoms with Crippen LogP contribution in [0.25, 0.3) is 27.5 Å². The van der Waals surface area contributed by atoms with E-state index in [-0.39, 0.29) is 0 Å². The van der Waals surface area contributed by atoms with Gasteiger partial charge in [0.25, 0.3) is 0 Å². The molecule has 3 nitrogen and oxygen atoms in total.